The highest BCUT2D eigenvalue weighted by atomic mass is 14.9. The van der Waals surface area contributed by atoms with Crippen molar-refractivity contribution in [2.24, 2.45) is 0 Å². The van der Waals surface area contributed by atoms with E-state index < -0.39 is 0 Å². The lowest BCUT2D eigenvalue weighted by molar-refractivity contribution is 1.39. The summed E-state index contributed by atoms with van der Waals surface area (Å²) in [4.78, 5) is 0. The van der Waals surface area contributed by atoms with Gasteiger partial charge in [-0.05, 0) is 37.1 Å². The molecule has 0 atom stereocenters. The molecular formula is C15H19N. The van der Waals surface area contributed by atoms with Crippen LogP contribution < -0.4 is 5.32 Å². The summed E-state index contributed by atoms with van der Waals surface area (Å²) in [7, 11) is 0. The van der Waals surface area contributed by atoms with Crippen LogP contribution in [0.3, 0.4) is 0 Å². The first kappa shape index (κ1) is 12.3. The van der Waals surface area contributed by atoms with Crippen molar-refractivity contribution in [2.45, 2.75) is 21.3 Å². The van der Waals surface area contributed by atoms with Crippen LogP contribution in [0.25, 0.3) is 0 Å². The van der Waals surface area contributed by atoms with E-state index in [-0.39, 0.29) is 7.43 Å². The maximum atomic E-state index is 3.44. The van der Waals surface area contributed by atoms with Gasteiger partial charge < -0.3 is 5.32 Å². The summed E-state index contributed by atoms with van der Waals surface area (Å²) in [5.41, 5.74) is 4.88. The predicted molar refractivity (Wildman–Crippen MR) is 72.4 cm³/mol. The molecule has 0 heterocycles. The van der Waals surface area contributed by atoms with Gasteiger partial charge in [-0.1, -0.05) is 43.8 Å². The van der Waals surface area contributed by atoms with E-state index in [4.69, 9.17) is 0 Å². The van der Waals surface area contributed by atoms with E-state index in [1.165, 1.54) is 22.5 Å². The van der Waals surface area contributed by atoms with Gasteiger partial charge in [0.2, 0.25) is 0 Å². The molecule has 2 rings (SSSR count). The predicted octanol–water partition coefficient (Wildman–Crippen LogP) is 4.68. The topological polar surface area (TPSA) is 12.0 Å². The van der Waals surface area contributed by atoms with Crippen LogP contribution in [-0.2, 0) is 0 Å². The Morgan fingerprint density at radius 3 is 1.44 bits per heavy atom. The van der Waals surface area contributed by atoms with Gasteiger partial charge in [0.15, 0.2) is 0 Å². The minimum absolute atomic E-state index is 0. The Bertz CT molecular complexity index is 417. The van der Waals surface area contributed by atoms with Gasteiger partial charge in [0.1, 0.15) is 0 Å². The maximum absolute atomic E-state index is 3.44. The van der Waals surface area contributed by atoms with E-state index in [9.17, 15) is 0 Å². The molecule has 0 fully saturated rings. The third-order valence-corrected chi connectivity index (χ3v) is 2.56. The number of anilines is 2. The van der Waals surface area contributed by atoms with Gasteiger partial charge in [-0.15, -0.1) is 0 Å². The quantitative estimate of drug-likeness (QED) is 0.763. The summed E-state index contributed by atoms with van der Waals surface area (Å²) in [5.74, 6) is 0. The molecule has 84 valence electrons. The Labute approximate surface area is 98.1 Å². The molecule has 0 saturated carbocycles. The molecule has 0 aromatic heterocycles. The Morgan fingerprint density at radius 2 is 1.06 bits per heavy atom. The molecule has 0 saturated heterocycles. The van der Waals surface area contributed by atoms with E-state index in [0.29, 0.717) is 0 Å². The first-order valence-corrected chi connectivity index (χ1v) is 5.15. The molecule has 2 aromatic rings. The molecule has 0 spiro atoms. The average molecular weight is 213 g/mol. The molecule has 1 nitrogen and oxygen atoms in total. The van der Waals surface area contributed by atoms with Gasteiger partial charge in [0.05, 0.1) is 0 Å². The number of hydrogen-bond donors (Lipinski definition) is 1. The fraction of sp³-hybridized carbons (Fsp3) is 0.200. The summed E-state index contributed by atoms with van der Waals surface area (Å²) < 4.78 is 0. The van der Waals surface area contributed by atoms with Gasteiger partial charge in [0.25, 0.3) is 0 Å². The number of hydrogen-bond acceptors (Lipinski definition) is 1. The standard InChI is InChI=1S/C14H15N.CH4/c1-11-7-3-5-9-13(11)15-14-10-6-4-8-12(14)2;/h3-10,15H,1-2H3;1H4. The van der Waals surface area contributed by atoms with Crippen molar-refractivity contribution in [1.82, 2.24) is 0 Å². The van der Waals surface area contributed by atoms with E-state index >= 15 is 0 Å². The summed E-state index contributed by atoms with van der Waals surface area (Å²) in [6.07, 6.45) is 0. The summed E-state index contributed by atoms with van der Waals surface area (Å²) in [5, 5.41) is 3.44. The maximum Gasteiger partial charge on any atom is 0.0413 e. The first-order chi connectivity index (χ1) is 7.27. The van der Waals surface area contributed by atoms with Crippen molar-refractivity contribution in [3.05, 3.63) is 59.7 Å². The largest absolute Gasteiger partial charge is 0.355 e. The second-order valence-electron chi connectivity index (χ2n) is 3.75. The van der Waals surface area contributed by atoms with Crippen LogP contribution in [-0.4, -0.2) is 0 Å². The Hall–Kier alpha value is -1.76. The first-order valence-electron chi connectivity index (χ1n) is 5.15. The van der Waals surface area contributed by atoms with Crippen LogP contribution in [0.4, 0.5) is 11.4 Å². The van der Waals surface area contributed by atoms with Crippen molar-refractivity contribution < 1.29 is 0 Å². The number of rotatable bonds is 2. The summed E-state index contributed by atoms with van der Waals surface area (Å²) in [6.45, 7) is 4.22. The third-order valence-electron chi connectivity index (χ3n) is 2.56. The molecule has 0 bridgehead atoms. The molecule has 0 radical (unpaired) electrons. The van der Waals surface area contributed by atoms with Gasteiger partial charge in [-0.25, -0.2) is 0 Å². The lowest BCUT2D eigenvalue weighted by Gasteiger charge is -2.11. The molecule has 1 N–H and O–H groups in total. The molecule has 0 aliphatic carbocycles. The second kappa shape index (κ2) is 5.36. The molecule has 2 aromatic carbocycles. The van der Waals surface area contributed by atoms with Gasteiger partial charge in [-0.3, -0.25) is 0 Å². The van der Waals surface area contributed by atoms with Crippen LogP contribution in [0.15, 0.2) is 48.5 Å². The SMILES string of the molecule is C.Cc1ccccc1Nc1ccccc1C. The number of benzene rings is 2. The third kappa shape index (κ3) is 2.63. The minimum atomic E-state index is 0. The van der Waals surface area contributed by atoms with Gasteiger partial charge >= 0.3 is 0 Å². The zero-order valence-electron chi connectivity index (χ0n) is 9.12. The number of nitrogens with one attached hydrogen (secondary N) is 1. The van der Waals surface area contributed by atoms with Crippen LogP contribution in [0, 0.1) is 13.8 Å². The number of para-hydroxylation sites is 2. The van der Waals surface area contributed by atoms with Gasteiger partial charge in [-0.2, -0.15) is 0 Å². The van der Waals surface area contributed by atoms with E-state index in [2.05, 4.69) is 55.6 Å². The summed E-state index contributed by atoms with van der Waals surface area (Å²) in [6, 6.07) is 16.6. The monoisotopic (exact) mass is 213 g/mol. The van der Waals surface area contributed by atoms with Crippen LogP contribution in [0.5, 0.6) is 0 Å². The highest BCUT2D eigenvalue weighted by molar-refractivity contribution is 5.65. The highest BCUT2D eigenvalue weighted by Gasteiger charge is 1.99. The molecule has 0 aliphatic rings. The van der Waals surface area contributed by atoms with Crippen molar-refractivity contribution in [2.75, 3.05) is 5.32 Å². The fourth-order valence-electron chi connectivity index (χ4n) is 1.57. The van der Waals surface area contributed by atoms with E-state index in [1.807, 2.05) is 12.1 Å². The van der Waals surface area contributed by atoms with E-state index in [1.54, 1.807) is 0 Å². The van der Waals surface area contributed by atoms with E-state index in [0.717, 1.165) is 0 Å². The Balaban J connectivity index is 0.00000128. The molecule has 0 amide bonds. The van der Waals surface area contributed by atoms with Crippen molar-refractivity contribution >= 4 is 11.4 Å². The van der Waals surface area contributed by atoms with Crippen LogP contribution in [0.1, 0.15) is 18.6 Å². The number of aryl methyl sites for hydroxylation is 2. The lowest BCUT2D eigenvalue weighted by Crippen LogP contribution is -1.94. The zero-order valence-corrected chi connectivity index (χ0v) is 9.12. The molecule has 0 aliphatic heterocycles. The lowest BCUT2D eigenvalue weighted by atomic mass is 10.1. The molecule has 16 heavy (non-hydrogen) atoms. The van der Waals surface area contributed by atoms with Crippen LogP contribution in [0.2, 0.25) is 0 Å². The molecular weight excluding hydrogens is 194 g/mol. The van der Waals surface area contributed by atoms with Gasteiger partial charge in [0, 0.05) is 11.4 Å². The summed E-state index contributed by atoms with van der Waals surface area (Å²) >= 11 is 0. The Morgan fingerprint density at radius 1 is 0.688 bits per heavy atom. The van der Waals surface area contributed by atoms with Crippen molar-refractivity contribution in [3.63, 3.8) is 0 Å². The highest BCUT2D eigenvalue weighted by Crippen LogP contribution is 2.22. The second-order valence-corrected chi connectivity index (χ2v) is 3.75. The van der Waals surface area contributed by atoms with Crippen molar-refractivity contribution in [1.29, 1.82) is 0 Å². The van der Waals surface area contributed by atoms with Crippen molar-refractivity contribution in [3.8, 4) is 0 Å². The molecule has 1 heteroatoms. The smallest absolute Gasteiger partial charge is 0.0413 e. The minimum Gasteiger partial charge on any atom is -0.355 e. The Kier molecular flexibility index (Phi) is 4.12. The zero-order chi connectivity index (χ0) is 10.7. The normalized spacial score (nSPS) is 9.38. The van der Waals surface area contributed by atoms with Crippen LogP contribution >= 0.6 is 0 Å². The molecule has 0 unspecified atom stereocenters. The fourth-order valence-corrected chi connectivity index (χ4v) is 1.57. The average Bonchev–Trinajstić information content (AvgIpc) is 2.24.